The first-order valence-corrected chi connectivity index (χ1v) is 4.67. The Labute approximate surface area is 87.0 Å². The average Bonchev–Trinajstić information content (AvgIpc) is 2.12. The summed E-state index contributed by atoms with van der Waals surface area (Å²) >= 11 is 4.78. The Balaban J connectivity index is 2.01. The maximum atomic E-state index is 5.51. The highest BCUT2D eigenvalue weighted by molar-refractivity contribution is 7.80. The van der Waals surface area contributed by atoms with Crippen LogP contribution >= 0.6 is 12.2 Å². The summed E-state index contributed by atoms with van der Waals surface area (Å²) in [4.78, 5) is 4.35. The van der Waals surface area contributed by atoms with E-state index in [0.717, 1.165) is 5.75 Å². The molecule has 74 valence electrons. The molecule has 0 aliphatic carbocycles. The molecule has 1 saturated heterocycles. The lowest BCUT2D eigenvalue weighted by molar-refractivity contribution is -0.0798. The molecular weight excluding hydrogens is 200 g/mol. The normalized spacial score (nSPS) is 16.0. The fraction of sp³-hybridized carbons (Fsp3) is 0.333. The number of ether oxygens (including phenoxy) is 2. The van der Waals surface area contributed by atoms with E-state index in [4.69, 9.17) is 27.4 Å². The van der Waals surface area contributed by atoms with Gasteiger partial charge in [-0.2, -0.15) is 0 Å². The third-order valence-electron chi connectivity index (χ3n) is 1.90. The van der Waals surface area contributed by atoms with E-state index in [1.165, 1.54) is 0 Å². The molecule has 0 amide bonds. The van der Waals surface area contributed by atoms with Crippen LogP contribution in [-0.2, 0) is 4.74 Å². The largest absolute Gasteiger partial charge is 0.484 e. The zero-order valence-electron chi connectivity index (χ0n) is 7.47. The van der Waals surface area contributed by atoms with Gasteiger partial charge in [0.2, 0.25) is 0 Å². The number of aromatic nitrogens is 1. The quantitative estimate of drug-likeness (QED) is 0.736. The molecule has 14 heavy (non-hydrogen) atoms. The average molecular weight is 210 g/mol. The van der Waals surface area contributed by atoms with Gasteiger partial charge in [0.1, 0.15) is 16.8 Å². The Morgan fingerprint density at radius 1 is 1.57 bits per heavy atom. The molecule has 4 nitrogen and oxygen atoms in total. The van der Waals surface area contributed by atoms with Gasteiger partial charge in [0, 0.05) is 0 Å². The maximum absolute atomic E-state index is 5.51. The minimum absolute atomic E-state index is 0.160. The van der Waals surface area contributed by atoms with Crippen molar-refractivity contribution in [1.29, 1.82) is 0 Å². The van der Waals surface area contributed by atoms with Gasteiger partial charge in [-0.15, -0.1) is 0 Å². The third kappa shape index (κ3) is 2.00. The molecule has 1 aliphatic heterocycles. The predicted molar refractivity (Wildman–Crippen MR) is 55.4 cm³/mol. The van der Waals surface area contributed by atoms with Crippen molar-refractivity contribution in [1.82, 2.24) is 4.98 Å². The van der Waals surface area contributed by atoms with Gasteiger partial charge < -0.3 is 15.2 Å². The topological polar surface area (TPSA) is 57.4 Å². The van der Waals surface area contributed by atoms with E-state index in [1.54, 1.807) is 18.3 Å². The molecule has 0 radical (unpaired) electrons. The third-order valence-corrected chi connectivity index (χ3v) is 2.11. The van der Waals surface area contributed by atoms with E-state index < -0.39 is 0 Å². The fourth-order valence-electron chi connectivity index (χ4n) is 1.07. The SMILES string of the molecule is NC(=S)c1ccc(OC2COC2)cn1. The molecule has 1 fully saturated rings. The molecule has 0 saturated carbocycles. The lowest BCUT2D eigenvalue weighted by Gasteiger charge is -2.26. The van der Waals surface area contributed by atoms with Crippen LogP contribution in [0.3, 0.4) is 0 Å². The van der Waals surface area contributed by atoms with Gasteiger partial charge in [-0.05, 0) is 12.1 Å². The summed E-state index contributed by atoms with van der Waals surface area (Å²) in [6.07, 6.45) is 1.78. The molecule has 0 aromatic carbocycles. The molecule has 2 rings (SSSR count). The van der Waals surface area contributed by atoms with E-state index >= 15 is 0 Å². The van der Waals surface area contributed by atoms with Crippen molar-refractivity contribution in [3.63, 3.8) is 0 Å². The Morgan fingerprint density at radius 2 is 2.36 bits per heavy atom. The van der Waals surface area contributed by atoms with Gasteiger partial charge in [0.05, 0.1) is 25.1 Å². The van der Waals surface area contributed by atoms with Crippen molar-refractivity contribution < 1.29 is 9.47 Å². The zero-order valence-corrected chi connectivity index (χ0v) is 8.29. The molecule has 5 heteroatoms. The lowest BCUT2D eigenvalue weighted by atomic mass is 10.3. The molecule has 0 atom stereocenters. The molecule has 0 unspecified atom stereocenters. The summed E-state index contributed by atoms with van der Waals surface area (Å²) in [6.45, 7) is 1.30. The van der Waals surface area contributed by atoms with E-state index in [-0.39, 0.29) is 6.10 Å². The molecule has 0 spiro atoms. The van der Waals surface area contributed by atoms with Gasteiger partial charge in [0.15, 0.2) is 0 Å². The van der Waals surface area contributed by atoms with Gasteiger partial charge in [0.25, 0.3) is 0 Å². The van der Waals surface area contributed by atoms with Gasteiger partial charge in [-0.1, -0.05) is 12.2 Å². The first-order chi connectivity index (χ1) is 6.75. The Kier molecular flexibility index (Phi) is 2.60. The number of nitrogens with zero attached hydrogens (tertiary/aromatic N) is 1. The minimum Gasteiger partial charge on any atom is -0.484 e. The van der Waals surface area contributed by atoms with Gasteiger partial charge in [-0.25, -0.2) is 4.98 Å². The highest BCUT2D eigenvalue weighted by Gasteiger charge is 2.19. The Morgan fingerprint density at radius 3 is 2.79 bits per heavy atom. The molecule has 0 bridgehead atoms. The van der Waals surface area contributed by atoms with Crippen LogP contribution in [0.4, 0.5) is 0 Å². The molecule has 2 N–H and O–H groups in total. The van der Waals surface area contributed by atoms with Crippen LogP contribution < -0.4 is 10.5 Å². The second kappa shape index (κ2) is 3.89. The van der Waals surface area contributed by atoms with Crippen molar-refractivity contribution in [2.75, 3.05) is 13.2 Å². The summed E-state index contributed by atoms with van der Waals surface area (Å²) in [6, 6.07) is 3.55. The number of hydrogen-bond donors (Lipinski definition) is 1. The van der Waals surface area contributed by atoms with Crippen molar-refractivity contribution in [2.45, 2.75) is 6.10 Å². The van der Waals surface area contributed by atoms with E-state index in [0.29, 0.717) is 23.9 Å². The number of rotatable bonds is 3. The minimum atomic E-state index is 0.160. The molecular formula is C9H10N2O2S. The number of pyridine rings is 1. The van der Waals surface area contributed by atoms with E-state index in [1.807, 2.05) is 0 Å². The number of hydrogen-bond acceptors (Lipinski definition) is 4. The van der Waals surface area contributed by atoms with Crippen LogP contribution in [0.1, 0.15) is 5.69 Å². The van der Waals surface area contributed by atoms with Crippen molar-refractivity contribution in [3.8, 4) is 5.75 Å². The summed E-state index contributed by atoms with van der Waals surface area (Å²) in [7, 11) is 0. The lowest BCUT2D eigenvalue weighted by Crippen LogP contribution is -2.38. The van der Waals surface area contributed by atoms with Crippen LogP contribution in [0.2, 0.25) is 0 Å². The number of thiocarbonyl (C=S) groups is 1. The Bertz CT molecular complexity index is 335. The summed E-state index contributed by atoms with van der Waals surface area (Å²) < 4.78 is 10.5. The molecule has 1 aromatic heterocycles. The van der Waals surface area contributed by atoms with Crippen LogP contribution in [0.25, 0.3) is 0 Å². The van der Waals surface area contributed by atoms with Crippen molar-refractivity contribution >= 4 is 17.2 Å². The van der Waals surface area contributed by atoms with Crippen molar-refractivity contribution in [2.24, 2.45) is 5.73 Å². The summed E-state index contributed by atoms with van der Waals surface area (Å²) in [5.41, 5.74) is 6.02. The van der Waals surface area contributed by atoms with E-state index in [2.05, 4.69) is 4.98 Å². The van der Waals surface area contributed by atoms with Crippen LogP contribution in [0.5, 0.6) is 5.75 Å². The first kappa shape index (κ1) is 9.36. The maximum Gasteiger partial charge on any atom is 0.145 e. The number of nitrogens with two attached hydrogens (primary N) is 1. The molecule has 1 aliphatic rings. The first-order valence-electron chi connectivity index (χ1n) is 4.26. The van der Waals surface area contributed by atoms with Gasteiger partial charge in [-0.3, -0.25) is 0 Å². The van der Waals surface area contributed by atoms with Crippen LogP contribution in [0, 0.1) is 0 Å². The highest BCUT2D eigenvalue weighted by atomic mass is 32.1. The summed E-state index contributed by atoms with van der Waals surface area (Å²) in [5.74, 6) is 0.721. The summed E-state index contributed by atoms with van der Waals surface area (Å²) in [5, 5.41) is 0. The standard InChI is InChI=1S/C9H10N2O2S/c10-9(14)8-2-1-6(3-11-8)13-7-4-12-5-7/h1-3,7H,4-5H2,(H2,10,14). The van der Waals surface area contributed by atoms with E-state index in [9.17, 15) is 0 Å². The monoisotopic (exact) mass is 210 g/mol. The second-order valence-electron chi connectivity index (χ2n) is 3.02. The fourth-order valence-corrected chi connectivity index (χ4v) is 1.19. The smallest absolute Gasteiger partial charge is 0.145 e. The van der Waals surface area contributed by atoms with Crippen molar-refractivity contribution in [3.05, 3.63) is 24.0 Å². The predicted octanol–water partition coefficient (Wildman–Crippen LogP) is 0.493. The molecule has 2 heterocycles. The Hall–Kier alpha value is -1.20. The van der Waals surface area contributed by atoms with Crippen LogP contribution in [-0.4, -0.2) is 29.3 Å². The molecule has 1 aromatic rings. The second-order valence-corrected chi connectivity index (χ2v) is 3.46. The highest BCUT2D eigenvalue weighted by Crippen LogP contribution is 2.14. The van der Waals surface area contributed by atoms with Crippen LogP contribution in [0.15, 0.2) is 18.3 Å². The zero-order chi connectivity index (χ0) is 9.97. The van der Waals surface area contributed by atoms with Gasteiger partial charge >= 0.3 is 0 Å².